The molecule has 0 amide bonds. The Kier molecular flexibility index (Phi) is 4.06. The molecule has 0 radical (unpaired) electrons. The summed E-state index contributed by atoms with van der Waals surface area (Å²) in [4.78, 5) is 11.8. The van der Waals surface area contributed by atoms with Crippen molar-refractivity contribution in [3.63, 3.8) is 0 Å². The standard InChI is InChI=1S/C28H36N4/c1-3-27(2)22-10-8-20-19(9-11-24(20)32-18-30-23-6-4-5-7-25(23)32)21(22)16-26(28(27)12-13-28)31-15-14-29-17-31/h4-5,7,11,14-15,17-23,26H,3,6,8-10,12-13,16H2,1-2H3. The van der Waals surface area contributed by atoms with Crippen molar-refractivity contribution in [2.75, 3.05) is 0 Å². The number of hydrogen-bond donors (Lipinski definition) is 0. The molecular formula is C28H36N4. The van der Waals surface area contributed by atoms with E-state index in [9.17, 15) is 0 Å². The summed E-state index contributed by atoms with van der Waals surface area (Å²) >= 11 is 0. The Morgan fingerprint density at radius 3 is 2.81 bits per heavy atom. The summed E-state index contributed by atoms with van der Waals surface area (Å²) in [5.74, 6) is 3.19. The average molecular weight is 429 g/mol. The molecule has 0 bridgehead atoms. The SMILES string of the molecule is CCC1(C)C2CCC3C(N4C=NC5CC=CC=C54)=CCC3C2CC(n2ccnc2)C12CC2. The molecule has 1 aromatic heterocycles. The Labute approximate surface area is 192 Å². The first-order chi connectivity index (χ1) is 15.7. The molecule has 7 unspecified atom stereocenters. The average Bonchev–Trinajstić information content (AvgIpc) is 3.19. The third-order valence-electron chi connectivity index (χ3n) is 10.9. The van der Waals surface area contributed by atoms with Gasteiger partial charge in [0, 0.05) is 35.7 Å². The van der Waals surface area contributed by atoms with Crippen LogP contribution in [0, 0.1) is 34.5 Å². The summed E-state index contributed by atoms with van der Waals surface area (Å²) in [6, 6.07) is 0.970. The van der Waals surface area contributed by atoms with Crippen molar-refractivity contribution in [2.24, 2.45) is 39.5 Å². The maximum absolute atomic E-state index is 4.84. The zero-order valence-corrected chi connectivity index (χ0v) is 19.5. The Balaban J connectivity index is 1.22. The number of allylic oxidation sites excluding steroid dienone is 4. The van der Waals surface area contributed by atoms with E-state index in [1.54, 1.807) is 5.70 Å². The van der Waals surface area contributed by atoms with Crippen molar-refractivity contribution < 1.29 is 0 Å². The van der Waals surface area contributed by atoms with Gasteiger partial charge in [-0.2, -0.15) is 0 Å². The van der Waals surface area contributed by atoms with Gasteiger partial charge in [0.25, 0.3) is 0 Å². The quantitative estimate of drug-likeness (QED) is 0.580. The molecule has 7 rings (SSSR count). The zero-order valence-electron chi connectivity index (χ0n) is 19.5. The normalized spacial score (nSPS) is 43.0. The van der Waals surface area contributed by atoms with E-state index in [0.717, 1.165) is 24.2 Å². The van der Waals surface area contributed by atoms with Gasteiger partial charge in [-0.1, -0.05) is 32.1 Å². The van der Waals surface area contributed by atoms with Crippen molar-refractivity contribution in [2.45, 2.75) is 77.3 Å². The molecule has 4 nitrogen and oxygen atoms in total. The van der Waals surface area contributed by atoms with Crippen LogP contribution in [-0.2, 0) is 0 Å². The van der Waals surface area contributed by atoms with Crippen molar-refractivity contribution in [1.29, 1.82) is 0 Å². The van der Waals surface area contributed by atoms with Crippen molar-refractivity contribution in [3.8, 4) is 0 Å². The van der Waals surface area contributed by atoms with Gasteiger partial charge in [-0.15, -0.1) is 0 Å². The van der Waals surface area contributed by atoms with Crippen LogP contribution in [-0.4, -0.2) is 26.8 Å². The van der Waals surface area contributed by atoms with E-state index in [1.165, 1.54) is 50.6 Å². The van der Waals surface area contributed by atoms with Crippen LogP contribution in [0.4, 0.5) is 0 Å². The molecule has 1 aliphatic heterocycles. The van der Waals surface area contributed by atoms with Crippen LogP contribution in [0.5, 0.6) is 0 Å². The molecule has 6 aliphatic rings. The summed E-state index contributed by atoms with van der Waals surface area (Å²) in [6.07, 6.45) is 28.4. The highest BCUT2D eigenvalue weighted by Gasteiger charge is 2.68. The Hall–Kier alpha value is -2.10. The predicted octanol–water partition coefficient (Wildman–Crippen LogP) is 6.13. The van der Waals surface area contributed by atoms with Crippen LogP contribution in [0.25, 0.3) is 0 Å². The monoisotopic (exact) mass is 428 g/mol. The van der Waals surface area contributed by atoms with E-state index >= 15 is 0 Å². The fourth-order valence-electron chi connectivity index (χ4n) is 9.07. The van der Waals surface area contributed by atoms with Crippen LogP contribution in [0.3, 0.4) is 0 Å². The molecule has 5 aliphatic carbocycles. The van der Waals surface area contributed by atoms with E-state index in [-0.39, 0.29) is 0 Å². The van der Waals surface area contributed by atoms with Gasteiger partial charge >= 0.3 is 0 Å². The fourth-order valence-corrected chi connectivity index (χ4v) is 9.07. The Morgan fingerprint density at radius 1 is 1.12 bits per heavy atom. The fraction of sp³-hybridized carbons (Fsp3) is 0.643. The molecule has 4 heteroatoms. The van der Waals surface area contributed by atoms with Crippen LogP contribution >= 0.6 is 0 Å². The molecule has 0 aromatic carbocycles. The first-order valence-electron chi connectivity index (χ1n) is 13.0. The second-order valence-corrected chi connectivity index (χ2v) is 11.6. The number of nitrogens with zero attached hydrogens (tertiary/aromatic N) is 4. The molecule has 3 fully saturated rings. The zero-order chi connectivity index (χ0) is 21.5. The van der Waals surface area contributed by atoms with Crippen LogP contribution in [0.15, 0.2) is 59.4 Å². The first-order valence-corrected chi connectivity index (χ1v) is 13.0. The molecule has 32 heavy (non-hydrogen) atoms. The predicted molar refractivity (Wildman–Crippen MR) is 128 cm³/mol. The van der Waals surface area contributed by atoms with Crippen LogP contribution in [0.1, 0.15) is 71.3 Å². The lowest BCUT2D eigenvalue weighted by atomic mass is 9.46. The number of rotatable bonds is 3. The lowest BCUT2D eigenvalue weighted by Gasteiger charge is -2.60. The van der Waals surface area contributed by atoms with Gasteiger partial charge in [0.1, 0.15) is 0 Å². The van der Waals surface area contributed by atoms with Gasteiger partial charge in [0.05, 0.1) is 18.7 Å². The second-order valence-electron chi connectivity index (χ2n) is 11.6. The topological polar surface area (TPSA) is 33.4 Å². The molecule has 2 heterocycles. The first kappa shape index (κ1) is 19.4. The molecular weight excluding hydrogens is 392 g/mol. The molecule has 1 spiro atoms. The van der Waals surface area contributed by atoms with Crippen molar-refractivity contribution in [3.05, 3.63) is 54.4 Å². The summed E-state index contributed by atoms with van der Waals surface area (Å²) in [5.41, 5.74) is 3.91. The summed E-state index contributed by atoms with van der Waals surface area (Å²) in [7, 11) is 0. The number of hydrogen-bond acceptors (Lipinski definition) is 3. The van der Waals surface area contributed by atoms with Gasteiger partial charge in [-0.05, 0) is 86.0 Å². The molecule has 3 saturated carbocycles. The third-order valence-corrected chi connectivity index (χ3v) is 10.9. The van der Waals surface area contributed by atoms with E-state index in [0.29, 0.717) is 28.8 Å². The summed E-state index contributed by atoms with van der Waals surface area (Å²) in [6.45, 7) is 5.14. The molecule has 1 aromatic rings. The third kappa shape index (κ3) is 2.39. The largest absolute Gasteiger partial charge is 0.334 e. The van der Waals surface area contributed by atoms with E-state index in [1.807, 2.05) is 6.20 Å². The van der Waals surface area contributed by atoms with Crippen LogP contribution in [0.2, 0.25) is 0 Å². The Bertz CT molecular complexity index is 1030. The van der Waals surface area contributed by atoms with Crippen LogP contribution < -0.4 is 0 Å². The number of aliphatic imine (C=N–C) groups is 1. The lowest BCUT2D eigenvalue weighted by molar-refractivity contribution is -0.104. The van der Waals surface area contributed by atoms with Crippen molar-refractivity contribution in [1.82, 2.24) is 14.5 Å². The minimum Gasteiger partial charge on any atom is -0.334 e. The minimum absolute atomic E-state index is 0.342. The molecule has 0 N–H and O–H groups in total. The van der Waals surface area contributed by atoms with Gasteiger partial charge in [0.15, 0.2) is 0 Å². The van der Waals surface area contributed by atoms with E-state index in [2.05, 4.69) is 71.5 Å². The highest BCUT2D eigenvalue weighted by molar-refractivity contribution is 5.67. The number of aromatic nitrogens is 2. The highest BCUT2D eigenvalue weighted by Crippen LogP contribution is 2.76. The second kappa shape index (κ2) is 6.71. The molecule has 0 saturated heterocycles. The van der Waals surface area contributed by atoms with Crippen molar-refractivity contribution >= 4 is 6.34 Å². The van der Waals surface area contributed by atoms with E-state index < -0.39 is 0 Å². The molecule has 168 valence electrons. The van der Waals surface area contributed by atoms with E-state index in [4.69, 9.17) is 4.99 Å². The summed E-state index contributed by atoms with van der Waals surface area (Å²) < 4.78 is 2.49. The van der Waals surface area contributed by atoms with Gasteiger partial charge in [-0.25, -0.2) is 4.98 Å². The number of fused-ring (bicyclic) bond motifs is 4. The van der Waals surface area contributed by atoms with Gasteiger partial charge in [0.2, 0.25) is 0 Å². The smallest absolute Gasteiger partial charge is 0.0955 e. The molecule has 7 atom stereocenters. The maximum atomic E-state index is 4.84. The highest BCUT2D eigenvalue weighted by atomic mass is 15.2. The Morgan fingerprint density at radius 2 is 2.03 bits per heavy atom. The lowest BCUT2D eigenvalue weighted by Crippen LogP contribution is -2.53. The van der Waals surface area contributed by atoms with Gasteiger partial charge in [-0.3, -0.25) is 4.99 Å². The maximum Gasteiger partial charge on any atom is 0.0955 e. The minimum atomic E-state index is 0.342. The number of imidazole rings is 1. The van der Waals surface area contributed by atoms with Gasteiger partial charge < -0.3 is 9.47 Å². The summed E-state index contributed by atoms with van der Waals surface area (Å²) in [5, 5.41) is 0.